The standard InChI is InChI=1S/C12H18N2O6/c1-6(4-15)7-3-14(12(19)13-11(7)18)10-2-8(17)9(5-16)20-10/h3,6,8-10,15-17H,2,4-5H2,1H3,(H,13,18,19)/t6?,8-,9+,10+/m0/s1. The second-order valence-corrected chi connectivity index (χ2v) is 4.95. The lowest BCUT2D eigenvalue weighted by Gasteiger charge is -2.16. The Labute approximate surface area is 114 Å². The predicted octanol–water partition coefficient (Wildman–Crippen LogP) is -1.73. The smallest absolute Gasteiger partial charge is 0.330 e. The van der Waals surface area contributed by atoms with Gasteiger partial charge < -0.3 is 20.1 Å². The molecule has 1 aliphatic rings. The van der Waals surface area contributed by atoms with Gasteiger partial charge in [0, 0.05) is 30.7 Å². The molecule has 8 heteroatoms. The van der Waals surface area contributed by atoms with E-state index < -0.39 is 35.6 Å². The number of aliphatic hydroxyl groups excluding tert-OH is 3. The molecular weight excluding hydrogens is 268 g/mol. The minimum atomic E-state index is -0.873. The van der Waals surface area contributed by atoms with Crippen molar-refractivity contribution in [1.29, 1.82) is 0 Å². The van der Waals surface area contributed by atoms with E-state index in [-0.39, 0.29) is 25.2 Å². The summed E-state index contributed by atoms with van der Waals surface area (Å²) < 4.78 is 6.54. The van der Waals surface area contributed by atoms with E-state index in [4.69, 9.17) is 14.9 Å². The summed E-state index contributed by atoms with van der Waals surface area (Å²) in [4.78, 5) is 25.7. The number of aliphatic hydroxyl groups is 3. The monoisotopic (exact) mass is 286 g/mol. The summed E-state index contributed by atoms with van der Waals surface area (Å²) in [6, 6.07) is 0. The molecule has 0 aliphatic carbocycles. The molecular formula is C12H18N2O6. The molecule has 2 heterocycles. The SMILES string of the molecule is CC(CO)c1cn([C@H]2C[C@H](O)[C@@H](CO)O2)c(=O)[nH]c1=O. The molecule has 0 aromatic carbocycles. The van der Waals surface area contributed by atoms with Gasteiger partial charge in [-0.15, -0.1) is 0 Å². The Morgan fingerprint density at radius 2 is 2.20 bits per heavy atom. The van der Waals surface area contributed by atoms with E-state index in [1.807, 2.05) is 0 Å². The maximum absolute atomic E-state index is 11.8. The van der Waals surface area contributed by atoms with Crippen LogP contribution in [0.25, 0.3) is 0 Å². The summed E-state index contributed by atoms with van der Waals surface area (Å²) in [5, 5.41) is 27.8. The van der Waals surface area contributed by atoms with Crippen LogP contribution in [-0.4, -0.2) is 50.3 Å². The van der Waals surface area contributed by atoms with Gasteiger partial charge in [0.05, 0.1) is 12.7 Å². The highest BCUT2D eigenvalue weighted by molar-refractivity contribution is 5.11. The molecule has 0 spiro atoms. The minimum absolute atomic E-state index is 0.143. The molecule has 0 saturated carbocycles. The van der Waals surface area contributed by atoms with E-state index in [1.165, 1.54) is 10.8 Å². The van der Waals surface area contributed by atoms with E-state index in [0.717, 1.165) is 0 Å². The number of rotatable bonds is 4. The third-order valence-electron chi connectivity index (χ3n) is 3.49. The van der Waals surface area contributed by atoms with Crippen molar-refractivity contribution < 1.29 is 20.1 Å². The lowest BCUT2D eigenvalue weighted by molar-refractivity contribution is -0.0460. The average Bonchev–Trinajstić information content (AvgIpc) is 2.79. The largest absolute Gasteiger partial charge is 0.396 e. The van der Waals surface area contributed by atoms with Crippen LogP contribution in [0.4, 0.5) is 0 Å². The van der Waals surface area contributed by atoms with E-state index in [0.29, 0.717) is 0 Å². The summed E-state index contributed by atoms with van der Waals surface area (Å²) in [6.07, 6.45) is -0.903. The van der Waals surface area contributed by atoms with Gasteiger partial charge >= 0.3 is 5.69 Å². The lowest BCUT2D eigenvalue weighted by Crippen LogP contribution is -2.35. The molecule has 4 N–H and O–H groups in total. The van der Waals surface area contributed by atoms with E-state index in [9.17, 15) is 14.7 Å². The summed E-state index contributed by atoms with van der Waals surface area (Å²) in [6.45, 7) is 1.07. The molecule has 0 bridgehead atoms. The van der Waals surface area contributed by atoms with Crippen LogP contribution in [0.1, 0.15) is 31.1 Å². The number of aromatic amines is 1. The van der Waals surface area contributed by atoms with Gasteiger partial charge in [-0.25, -0.2) is 4.79 Å². The van der Waals surface area contributed by atoms with Crippen molar-refractivity contribution in [2.75, 3.05) is 13.2 Å². The number of aromatic nitrogens is 2. The maximum atomic E-state index is 11.8. The fourth-order valence-corrected chi connectivity index (χ4v) is 2.21. The van der Waals surface area contributed by atoms with Crippen LogP contribution < -0.4 is 11.2 Å². The van der Waals surface area contributed by atoms with Gasteiger partial charge in [-0.2, -0.15) is 0 Å². The number of nitrogens with zero attached hydrogens (tertiary/aromatic N) is 1. The van der Waals surface area contributed by atoms with E-state index in [2.05, 4.69) is 4.98 Å². The Balaban J connectivity index is 2.38. The summed E-state index contributed by atoms with van der Waals surface area (Å²) >= 11 is 0. The highest BCUT2D eigenvalue weighted by atomic mass is 16.5. The summed E-state index contributed by atoms with van der Waals surface area (Å²) in [5.41, 5.74) is -0.942. The predicted molar refractivity (Wildman–Crippen MR) is 68.4 cm³/mol. The molecule has 0 radical (unpaired) electrons. The first-order valence-electron chi connectivity index (χ1n) is 6.38. The first-order valence-corrected chi connectivity index (χ1v) is 6.38. The van der Waals surface area contributed by atoms with Crippen molar-refractivity contribution in [2.24, 2.45) is 0 Å². The van der Waals surface area contributed by atoms with Crippen molar-refractivity contribution in [1.82, 2.24) is 9.55 Å². The van der Waals surface area contributed by atoms with Gasteiger partial charge in [0.1, 0.15) is 12.3 Å². The molecule has 1 aromatic rings. The molecule has 8 nitrogen and oxygen atoms in total. The summed E-state index contributed by atoms with van der Waals surface area (Å²) in [5.74, 6) is -0.425. The van der Waals surface area contributed by atoms with Crippen LogP contribution in [0.5, 0.6) is 0 Å². The molecule has 1 aliphatic heterocycles. The molecule has 4 atom stereocenters. The molecule has 1 saturated heterocycles. The van der Waals surface area contributed by atoms with Crippen LogP contribution in [0.15, 0.2) is 15.8 Å². The topological polar surface area (TPSA) is 125 Å². The third-order valence-corrected chi connectivity index (χ3v) is 3.49. The first-order chi connectivity index (χ1) is 9.47. The Morgan fingerprint density at radius 3 is 2.75 bits per heavy atom. The lowest BCUT2D eigenvalue weighted by atomic mass is 10.1. The van der Waals surface area contributed by atoms with E-state index >= 15 is 0 Å². The Kier molecular flexibility index (Phi) is 4.39. The fraction of sp³-hybridized carbons (Fsp3) is 0.667. The molecule has 0 amide bonds. The Morgan fingerprint density at radius 1 is 1.50 bits per heavy atom. The van der Waals surface area contributed by atoms with Crippen molar-refractivity contribution in [3.05, 3.63) is 32.6 Å². The van der Waals surface area contributed by atoms with Crippen molar-refractivity contribution in [3.63, 3.8) is 0 Å². The van der Waals surface area contributed by atoms with Crippen LogP contribution in [0.3, 0.4) is 0 Å². The van der Waals surface area contributed by atoms with Gasteiger partial charge in [0.25, 0.3) is 5.56 Å². The van der Waals surface area contributed by atoms with Crippen LogP contribution in [0, 0.1) is 0 Å². The fourth-order valence-electron chi connectivity index (χ4n) is 2.21. The van der Waals surface area contributed by atoms with Crippen LogP contribution in [0.2, 0.25) is 0 Å². The van der Waals surface area contributed by atoms with Crippen molar-refractivity contribution in [3.8, 4) is 0 Å². The van der Waals surface area contributed by atoms with Crippen LogP contribution in [-0.2, 0) is 4.74 Å². The molecule has 1 fully saturated rings. The number of hydrogen-bond donors (Lipinski definition) is 4. The van der Waals surface area contributed by atoms with Gasteiger partial charge in [-0.1, -0.05) is 6.92 Å². The molecule has 1 aromatic heterocycles. The van der Waals surface area contributed by atoms with E-state index in [1.54, 1.807) is 6.92 Å². The first kappa shape index (κ1) is 14.9. The Hall–Kier alpha value is -1.48. The molecule has 112 valence electrons. The van der Waals surface area contributed by atoms with Gasteiger partial charge in [-0.3, -0.25) is 14.3 Å². The highest BCUT2D eigenvalue weighted by Gasteiger charge is 2.35. The zero-order valence-electron chi connectivity index (χ0n) is 11.0. The third kappa shape index (κ3) is 2.68. The number of hydrogen-bond acceptors (Lipinski definition) is 6. The second kappa shape index (κ2) is 5.88. The zero-order chi connectivity index (χ0) is 14.9. The number of H-pyrrole nitrogens is 1. The quantitative estimate of drug-likeness (QED) is 0.521. The zero-order valence-corrected chi connectivity index (χ0v) is 11.0. The molecule has 20 heavy (non-hydrogen) atoms. The van der Waals surface area contributed by atoms with Gasteiger partial charge in [0.15, 0.2) is 0 Å². The maximum Gasteiger partial charge on any atom is 0.330 e. The van der Waals surface area contributed by atoms with Crippen LogP contribution >= 0.6 is 0 Å². The van der Waals surface area contributed by atoms with Gasteiger partial charge in [-0.05, 0) is 0 Å². The average molecular weight is 286 g/mol. The number of ether oxygens (including phenoxy) is 1. The second-order valence-electron chi connectivity index (χ2n) is 4.95. The van der Waals surface area contributed by atoms with Crippen molar-refractivity contribution >= 4 is 0 Å². The minimum Gasteiger partial charge on any atom is -0.396 e. The summed E-state index contributed by atoms with van der Waals surface area (Å²) in [7, 11) is 0. The number of nitrogens with one attached hydrogen (secondary N) is 1. The van der Waals surface area contributed by atoms with Crippen molar-refractivity contribution in [2.45, 2.75) is 37.7 Å². The highest BCUT2D eigenvalue weighted by Crippen LogP contribution is 2.27. The molecule has 2 rings (SSSR count). The normalized spacial score (nSPS) is 27.7. The molecule has 1 unspecified atom stereocenters. The van der Waals surface area contributed by atoms with Gasteiger partial charge in [0.2, 0.25) is 0 Å². The Bertz CT molecular complexity index is 580.